The summed E-state index contributed by atoms with van der Waals surface area (Å²) in [6.07, 6.45) is 3.78. The minimum Gasteiger partial charge on any atom is -0.385 e. The summed E-state index contributed by atoms with van der Waals surface area (Å²) in [5.74, 6) is -1.88. The maximum atomic E-state index is 13.7. The molecule has 4 unspecified atom stereocenters. The number of ether oxygens (including phenoxy) is 1. The van der Waals surface area contributed by atoms with E-state index < -0.39 is 34.2 Å². The van der Waals surface area contributed by atoms with Gasteiger partial charge in [-0.1, -0.05) is 30.0 Å². The molecule has 1 aromatic rings. The first kappa shape index (κ1) is 22.6. The van der Waals surface area contributed by atoms with Gasteiger partial charge in [0.1, 0.15) is 11.2 Å². The third kappa shape index (κ3) is 2.99. The Balaban J connectivity index is 1.71. The number of hydrogen-bond acceptors (Lipinski definition) is 6. The first-order valence-electron chi connectivity index (χ1n) is 11.1. The van der Waals surface area contributed by atoms with Crippen molar-refractivity contribution < 1.29 is 24.5 Å². The molecule has 4 atom stereocenters. The Hall–Kier alpha value is -2.19. The van der Waals surface area contributed by atoms with Gasteiger partial charge in [0.2, 0.25) is 11.8 Å². The first-order chi connectivity index (χ1) is 15.2. The van der Waals surface area contributed by atoms with Gasteiger partial charge in [-0.15, -0.1) is 0 Å². The number of fused-ring (bicyclic) bond motifs is 7. The van der Waals surface area contributed by atoms with E-state index in [-0.39, 0.29) is 11.8 Å². The van der Waals surface area contributed by atoms with Gasteiger partial charge in [0.25, 0.3) is 0 Å². The number of imide groups is 1. The number of benzene rings is 1. The summed E-state index contributed by atoms with van der Waals surface area (Å²) in [7, 11) is 0. The summed E-state index contributed by atoms with van der Waals surface area (Å²) in [6, 6.07) is 8.98. The standard InChI is InChI=1S/C26H29NO5S/c1-23(2,30)17-12-15-16(13-18(33-17)24(3,4)31)26(6)20-19(25(15,5)32-26)21(28)27(22(20)29)14-10-8-7-9-11-14/h7-13,19-20,30-31H,1-6H3. The highest BCUT2D eigenvalue weighted by Gasteiger charge is 2.75. The van der Waals surface area contributed by atoms with E-state index in [9.17, 15) is 19.8 Å². The molecule has 2 saturated heterocycles. The quantitative estimate of drug-likeness (QED) is 0.659. The molecule has 5 rings (SSSR count). The first-order valence-corrected chi connectivity index (χ1v) is 12.0. The van der Waals surface area contributed by atoms with Gasteiger partial charge in [0, 0.05) is 9.81 Å². The molecule has 2 fully saturated rings. The Kier molecular flexibility index (Phi) is 4.58. The highest BCUT2D eigenvalue weighted by molar-refractivity contribution is 8.06. The Bertz CT molecular complexity index is 1100. The zero-order valence-electron chi connectivity index (χ0n) is 19.7. The fourth-order valence-electron chi connectivity index (χ4n) is 5.64. The molecule has 7 heteroatoms. The highest BCUT2D eigenvalue weighted by atomic mass is 32.2. The summed E-state index contributed by atoms with van der Waals surface area (Å²) in [4.78, 5) is 29.9. The second kappa shape index (κ2) is 6.69. The number of carbonyl (C=O) groups is 2. The highest BCUT2D eigenvalue weighted by Crippen LogP contribution is 2.65. The molecular formula is C26H29NO5S. The number of para-hydroxylation sites is 1. The number of aliphatic hydroxyl groups is 2. The maximum absolute atomic E-state index is 13.7. The summed E-state index contributed by atoms with van der Waals surface area (Å²) >= 11 is 1.32. The molecule has 2 bridgehead atoms. The molecule has 33 heavy (non-hydrogen) atoms. The van der Waals surface area contributed by atoms with Gasteiger partial charge in [-0.05, 0) is 77.0 Å². The molecule has 174 valence electrons. The van der Waals surface area contributed by atoms with E-state index in [1.54, 1.807) is 52.0 Å². The van der Waals surface area contributed by atoms with E-state index >= 15 is 0 Å². The molecule has 0 spiro atoms. The van der Waals surface area contributed by atoms with Crippen LogP contribution in [0.15, 0.2) is 63.4 Å². The molecule has 0 saturated carbocycles. The van der Waals surface area contributed by atoms with Gasteiger partial charge in [0.15, 0.2) is 0 Å². The van der Waals surface area contributed by atoms with Gasteiger partial charge in [-0.2, -0.15) is 0 Å². The van der Waals surface area contributed by atoms with Gasteiger partial charge < -0.3 is 14.9 Å². The SMILES string of the molecule is CC(C)(O)C1=CC2=C(C=C(C(C)(C)O)S1)C1(C)OC2(C)C2C(=O)N(c3ccccc3)C(=O)C21. The van der Waals surface area contributed by atoms with Crippen molar-refractivity contribution in [2.45, 2.75) is 63.9 Å². The van der Waals surface area contributed by atoms with Gasteiger partial charge >= 0.3 is 0 Å². The molecule has 0 aromatic heterocycles. The summed E-state index contributed by atoms with van der Waals surface area (Å²) in [5.41, 5.74) is -2.28. The third-order valence-electron chi connectivity index (χ3n) is 7.27. The van der Waals surface area contributed by atoms with E-state index in [1.165, 1.54) is 16.7 Å². The van der Waals surface area contributed by atoms with Crippen LogP contribution in [0.1, 0.15) is 41.5 Å². The molecule has 4 heterocycles. The smallest absolute Gasteiger partial charge is 0.241 e. The molecule has 0 aliphatic carbocycles. The van der Waals surface area contributed by atoms with Crippen molar-refractivity contribution in [1.29, 1.82) is 0 Å². The summed E-state index contributed by atoms with van der Waals surface area (Å²) < 4.78 is 6.56. The summed E-state index contributed by atoms with van der Waals surface area (Å²) in [6.45, 7) is 10.5. The molecular weight excluding hydrogens is 438 g/mol. The molecule has 1 aromatic carbocycles. The van der Waals surface area contributed by atoms with Crippen LogP contribution in [-0.2, 0) is 14.3 Å². The number of amides is 2. The molecule has 2 N–H and O–H groups in total. The zero-order chi connectivity index (χ0) is 24.1. The number of hydrogen-bond donors (Lipinski definition) is 2. The van der Waals surface area contributed by atoms with Crippen molar-refractivity contribution in [3.63, 3.8) is 0 Å². The van der Waals surface area contributed by atoms with E-state index in [4.69, 9.17) is 4.74 Å². The van der Waals surface area contributed by atoms with Gasteiger partial charge in [-0.3, -0.25) is 9.59 Å². The Labute approximate surface area is 198 Å². The van der Waals surface area contributed by atoms with Crippen molar-refractivity contribution in [1.82, 2.24) is 0 Å². The van der Waals surface area contributed by atoms with E-state index in [0.717, 1.165) is 11.1 Å². The predicted molar refractivity (Wildman–Crippen MR) is 127 cm³/mol. The second-order valence-corrected chi connectivity index (χ2v) is 11.8. The minimum atomic E-state index is -1.17. The lowest BCUT2D eigenvalue weighted by atomic mass is 9.65. The van der Waals surface area contributed by atoms with Crippen molar-refractivity contribution >= 4 is 29.3 Å². The van der Waals surface area contributed by atoms with Gasteiger partial charge in [-0.25, -0.2) is 4.90 Å². The third-order valence-corrected chi connectivity index (χ3v) is 8.94. The summed E-state index contributed by atoms with van der Waals surface area (Å²) in [5, 5.41) is 21.7. The van der Waals surface area contributed by atoms with Crippen LogP contribution in [-0.4, -0.2) is 44.4 Å². The second-order valence-electron chi connectivity index (χ2n) is 10.7. The lowest BCUT2D eigenvalue weighted by Gasteiger charge is -2.31. The maximum Gasteiger partial charge on any atom is 0.241 e. The van der Waals surface area contributed by atoms with E-state index in [0.29, 0.717) is 15.5 Å². The number of nitrogens with zero attached hydrogens (tertiary/aromatic N) is 1. The van der Waals surface area contributed by atoms with Crippen LogP contribution in [0.5, 0.6) is 0 Å². The van der Waals surface area contributed by atoms with Gasteiger partial charge in [0.05, 0.1) is 28.7 Å². The number of rotatable bonds is 3. The largest absolute Gasteiger partial charge is 0.385 e. The number of anilines is 1. The Morgan fingerprint density at radius 2 is 1.27 bits per heavy atom. The van der Waals surface area contributed by atoms with Crippen molar-refractivity contribution in [2.24, 2.45) is 11.8 Å². The Morgan fingerprint density at radius 1 is 0.848 bits per heavy atom. The van der Waals surface area contributed by atoms with Crippen LogP contribution < -0.4 is 4.90 Å². The topological polar surface area (TPSA) is 87.1 Å². The van der Waals surface area contributed by atoms with E-state index in [1.807, 2.05) is 32.1 Å². The lowest BCUT2D eigenvalue weighted by Crippen LogP contribution is -2.42. The molecule has 0 radical (unpaired) electrons. The van der Waals surface area contributed by atoms with Crippen LogP contribution in [0, 0.1) is 11.8 Å². The molecule has 4 aliphatic rings. The predicted octanol–water partition coefficient (Wildman–Crippen LogP) is 3.71. The van der Waals surface area contributed by atoms with Crippen LogP contribution in [0.25, 0.3) is 0 Å². The lowest BCUT2D eigenvalue weighted by molar-refractivity contribution is -0.128. The zero-order valence-corrected chi connectivity index (χ0v) is 20.5. The normalized spacial score (nSPS) is 33.8. The van der Waals surface area contributed by atoms with E-state index in [2.05, 4.69) is 0 Å². The van der Waals surface area contributed by atoms with Crippen molar-refractivity contribution in [2.75, 3.05) is 4.90 Å². The number of thioether (sulfide) groups is 1. The average molecular weight is 468 g/mol. The van der Waals surface area contributed by atoms with Crippen LogP contribution in [0.2, 0.25) is 0 Å². The fraction of sp³-hybridized carbons (Fsp3) is 0.462. The Morgan fingerprint density at radius 3 is 1.67 bits per heavy atom. The molecule has 2 amide bonds. The molecule has 6 nitrogen and oxygen atoms in total. The molecule has 4 aliphatic heterocycles. The monoisotopic (exact) mass is 467 g/mol. The van der Waals surface area contributed by atoms with Crippen molar-refractivity contribution in [3.8, 4) is 0 Å². The van der Waals surface area contributed by atoms with Crippen LogP contribution >= 0.6 is 11.8 Å². The van der Waals surface area contributed by atoms with Crippen LogP contribution in [0.3, 0.4) is 0 Å². The minimum absolute atomic E-state index is 0.268. The van der Waals surface area contributed by atoms with Crippen molar-refractivity contribution in [3.05, 3.63) is 63.4 Å². The fourth-order valence-corrected chi connectivity index (χ4v) is 6.73. The average Bonchev–Trinajstić information content (AvgIpc) is 3.09. The van der Waals surface area contributed by atoms with Crippen LogP contribution in [0.4, 0.5) is 5.69 Å². The number of carbonyl (C=O) groups excluding carboxylic acids is 2.